The largest absolute Gasteiger partial charge is 0.289 e. The Morgan fingerprint density at radius 3 is 2.92 bits per heavy atom. The van der Waals surface area contributed by atoms with Crippen LogP contribution in [0.5, 0.6) is 0 Å². The summed E-state index contributed by atoms with van der Waals surface area (Å²) in [5, 5.41) is 4.25. The van der Waals surface area contributed by atoms with E-state index in [0.717, 1.165) is 10.4 Å². The van der Waals surface area contributed by atoms with Crippen LogP contribution in [0.4, 0.5) is 4.39 Å². The van der Waals surface area contributed by atoms with E-state index in [2.05, 4.69) is 15.5 Å². The van der Waals surface area contributed by atoms with E-state index in [9.17, 15) is 14.0 Å². The maximum absolute atomic E-state index is 13.4. The van der Waals surface area contributed by atoms with Crippen molar-refractivity contribution in [2.75, 3.05) is 0 Å². The van der Waals surface area contributed by atoms with E-state index in [1.165, 1.54) is 40.6 Å². The molecule has 2 heterocycles. The van der Waals surface area contributed by atoms with Gasteiger partial charge in [0.1, 0.15) is 17.2 Å². The zero-order valence-electron chi connectivity index (χ0n) is 13.6. The van der Waals surface area contributed by atoms with E-state index >= 15 is 0 Å². The number of rotatable bonds is 4. The Balaban J connectivity index is 1.74. The fraction of sp³-hybridized carbons (Fsp3) is 0.176. The molecule has 0 bridgehead atoms. The van der Waals surface area contributed by atoms with Gasteiger partial charge >= 0.3 is 0 Å². The Labute approximate surface area is 146 Å². The minimum atomic E-state index is -0.500. The quantitative estimate of drug-likeness (QED) is 0.575. The van der Waals surface area contributed by atoms with Crippen molar-refractivity contribution in [3.63, 3.8) is 0 Å². The molecule has 0 aliphatic heterocycles. The number of hydrogen-bond donors (Lipinski definition) is 1. The number of hydrogen-bond acceptors (Lipinski definition) is 5. The van der Waals surface area contributed by atoms with Crippen LogP contribution in [0.1, 0.15) is 16.0 Å². The first kappa shape index (κ1) is 17.0. The molecule has 1 N–H and O–H groups in total. The number of nitrogens with one attached hydrogen (secondary N) is 1. The molecular weight excluding hydrogens is 343 g/mol. The van der Waals surface area contributed by atoms with E-state index in [1.54, 1.807) is 12.1 Å². The van der Waals surface area contributed by atoms with Crippen LogP contribution in [-0.2, 0) is 11.3 Å². The SMILES string of the molecule is Cc1sc2ncn(CC(=O)N/N=C\c3ccccc3F)c(=O)c2c1C. The number of aromatic nitrogens is 2. The molecule has 0 unspecified atom stereocenters. The summed E-state index contributed by atoms with van der Waals surface area (Å²) in [6, 6.07) is 6.07. The minimum absolute atomic E-state index is 0.218. The predicted octanol–water partition coefficient (Wildman–Crippen LogP) is 2.36. The maximum atomic E-state index is 13.4. The lowest BCUT2D eigenvalue weighted by Gasteiger charge is -2.04. The summed E-state index contributed by atoms with van der Waals surface area (Å²) in [6.07, 6.45) is 2.56. The van der Waals surface area contributed by atoms with Gasteiger partial charge in [0.2, 0.25) is 0 Å². The van der Waals surface area contributed by atoms with E-state index in [4.69, 9.17) is 0 Å². The fourth-order valence-electron chi connectivity index (χ4n) is 2.33. The van der Waals surface area contributed by atoms with Crippen LogP contribution in [-0.4, -0.2) is 21.7 Å². The van der Waals surface area contributed by atoms with Gasteiger partial charge < -0.3 is 0 Å². The Morgan fingerprint density at radius 1 is 1.40 bits per heavy atom. The molecule has 0 saturated heterocycles. The topological polar surface area (TPSA) is 76.3 Å². The molecule has 3 aromatic rings. The third-order valence-electron chi connectivity index (χ3n) is 3.77. The van der Waals surface area contributed by atoms with E-state index in [1.807, 2.05) is 13.8 Å². The Hall–Kier alpha value is -2.87. The highest BCUT2D eigenvalue weighted by atomic mass is 32.1. The van der Waals surface area contributed by atoms with Crippen molar-refractivity contribution in [3.8, 4) is 0 Å². The third kappa shape index (κ3) is 3.48. The molecule has 0 radical (unpaired) electrons. The number of hydrazone groups is 1. The minimum Gasteiger partial charge on any atom is -0.289 e. The molecular formula is C17H15FN4O2S. The van der Waals surface area contributed by atoms with Gasteiger partial charge in [-0.2, -0.15) is 5.10 Å². The van der Waals surface area contributed by atoms with Crippen LogP contribution in [0.25, 0.3) is 10.2 Å². The molecule has 6 nitrogen and oxygen atoms in total. The smallest absolute Gasteiger partial charge is 0.262 e. The number of halogens is 1. The highest BCUT2D eigenvalue weighted by molar-refractivity contribution is 7.18. The summed E-state index contributed by atoms with van der Waals surface area (Å²) < 4.78 is 14.7. The molecule has 0 spiro atoms. The van der Waals surface area contributed by atoms with Crippen molar-refractivity contribution in [3.05, 3.63) is 62.8 Å². The standard InChI is InChI=1S/C17H15FN4O2S/c1-10-11(2)25-16-15(10)17(24)22(9-19-16)8-14(23)21-20-7-12-5-3-4-6-13(12)18/h3-7,9H,8H2,1-2H3,(H,21,23)/b20-7-. The molecule has 25 heavy (non-hydrogen) atoms. The average Bonchev–Trinajstić information content (AvgIpc) is 2.87. The summed E-state index contributed by atoms with van der Waals surface area (Å²) in [7, 11) is 0. The van der Waals surface area contributed by atoms with Gasteiger partial charge in [-0.1, -0.05) is 18.2 Å². The second-order valence-corrected chi connectivity index (χ2v) is 6.66. The second kappa shape index (κ2) is 6.94. The first-order valence-electron chi connectivity index (χ1n) is 7.49. The lowest BCUT2D eigenvalue weighted by molar-refractivity contribution is -0.121. The lowest BCUT2D eigenvalue weighted by atomic mass is 10.2. The highest BCUT2D eigenvalue weighted by Crippen LogP contribution is 2.25. The van der Waals surface area contributed by atoms with Gasteiger partial charge in [-0.25, -0.2) is 14.8 Å². The summed E-state index contributed by atoms with van der Waals surface area (Å²) in [6.45, 7) is 3.57. The fourth-order valence-corrected chi connectivity index (χ4v) is 3.31. The number of nitrogens with zero attached hydrogens (tertiary/aromatic N) is 3. The molecule has 1 aromatic carbocycles. The van der Waals surface area contributed by atoms with Gasteiger partial charge in [-0.3, -0.25) is 14.2 Å². The molecule has 128 valence electrons. The summed E-state index contributed by atoms with van der Waals surface area (Å²) >= 11 is 1.45. The molecule has 0 atom stereocenters. The van der Waals surface area contributed by atoms with E-state index in [-0.39, 0.29) is 17.7 Å². The zero-order valence-corrected chi connectivity index (χ0v) is 14.4. The molecule has 0 aliphatic carbocycles. The van der Waals surface area contributed by atoms with E-state index < -0.39 is 11.7 Å². The number of aryl methyl sites for hydroxylation is 2. The molecule has 0 fully saturated rings. The van der Waals surface area contributed by atoms with Crippen LogP contribution >= 0.6 is 11.3 Å². The van der Waals surface area contributed by atoms with Crippen LogP contribution in [0.3, 0.4) is 0 Å². The van der Waals surface area contributed by atoms with Crippen molar-refractivity contribution in [2.45, 2.75) is 20.4 Å². The van der Waals surface area contributed by atoms with Crippen molar-refractivity contribution < 1.29 is 9.18 Å². The van der Waals surface area contributed by atoms with Crippen LogP contribution in [0, 0.1) is 19.7 Å². The first-order valence-corrected chi connectivity index (χ1v) is 8.30. The number of carbonyl (C=O) groups is 1. The average molecular weight is 358 g/mol. The van der Waals surface area contributed by atoms with Crippen molar-refractivity contribution >= 4 is 33.7 Å². The Kier molecular flexibility index (Phi) is 4.71. The maximum Gasteiger partial charge on any atom is 0.262 e. The lowest BCUT2D eigenvalue weighted by Crippen LogP contribution is -2.30. The van der Waals surface area contributed by atoms with Gasteiger partial charge in [0.15, 0.2) is 0 Å². The van der Waals surface area contributed by atoms with Crippen LogP contribution in [0.15, 0.2) is 40.5 Å². The van der Waals surface area contributed by atoms with E-state index in [0.29, 0.717) is 10.2 Å². The molecule has 0 saturated carbocycles. The molecule has 1 amide bonds. The van der Waals surface area contributed by atoms with Crippen molar-refractivity contribution in [1.29, 1.82) is 0 Å². The first-order chi connectivity index (χ1) is 12.0. The summed E-state index contributed by atoms with van der Waals surface area (Å²) in [4.78, 5) is 30.4. The summed E-state index contributed by atoms with van der Waals surface area (Å²) in [5.41, 5.74) is 3.15. The molecule has 8 heteroatoms. The molecule has 0 aliphatic rings. The third-order valence-corrected chi connectivity index (χ3v) is 4.88. The summed E-state index contributed by atoms with van der Waals surface area (Å²) in [5.74, 6) is -0.935. The van der Waals surface area contributed by atoms with Gasteiger partial charge in [-0.15, -0.1) is 11.3 Å². The van der Waals surface area contributed by atoms with Crippen molar-refractivity contribution in [1.82, 2.24) is 15.0 Å². The van der Waals surface area contributed by atoms with Gasteiger partial charge in [0.25, 0.3) is 11.5 Å². The van der Waals surface area contributed by atoms with Crippen LogP contribution < -0.4 is 11.0 Å². The van der Waals surface area contributed by atoms with Gasteiger partial charge in [-0.05, 0) is 25.5 Å². The number of benzene rings is 1. The number of fused-ring (bicyclic) bond motifs is 1. The molecule has 3 rings (SSSR count). The van der Waals surface area contributed by atoms with Gasteiger partial charge in [0.05, 0.1) is 17.9 Å². The van der Waals surface area contributed by atoms with Gasteiger partial charge in [0, 0.05) is 10.4 Å². The monoisotopic (exact) mass is 358 g/mol. The number of amides is 1. The molecule has 2 aromatic heterocycles. The predicted molar refractivity (Wildman–Crippen MR) is 95.5 cm³/mol. The number of carbonyl (C=O) groups excluding carboxylic acids is 1. The zero-order chi connectivity index (χ0) is 18.0. The van der Waals surface area contributed by atoms with Crippen molar-refractivity contribution in [2.24, 2.45) is 5.10 Å². The Morgan fingerprint density at radius 2 is 2.16 bits per heavy atom. The highest BCUT2D eigenvalue weighted by Gasteiger charge is 2.13. The number of thiophene rings is 1. The normalized spacial score (nSPS) is 11.3. The van der Waals surface area contributed by atoms with Crippen LogP contribution in [0.2, 0.25) is 0 Å². The second-order valence-electron chi connectivity index (χ2n) is 5.46. The Bertz CT molecular complexity index is 1040.